The summed E-state index contributed by atoms with van der Waals surface area (Å²) in [7, 11) is 0. The summed E-state index contributed by atoms with van der Waals surface area (Å²) in [6, 6.07) is 2.42. The number of aliphatic hydroxyl groups excluding tert-OH is 1. The molecule has 1 saturated heterocycles. The third-order valence-corrected chi connectivity index (χ3v) is 5.27. The van der Waals surface area contributed by atoms with E-state index in [9.17, 15) is 19.1 Å². The van der Waals surface area contributed by atoms with Gasteiger partial charge in [0, 0.05) is 44.3 Å². The molecule has 2 heterocycles. The van der Waals surface area contributed by atoms with Crippen LogP contribution in [-0.4, -0.2) is 53.9 Å². The second-order valence-corrected chi connectivity index (χ2v) is 7.22. The van der Waals surface area contributed by atoms with E-state index < -0.39 is 29.3 Å². The SMILES string of the molecule is CCn1cc(C(=O)N[C@@H](C)[C@H](C)O)c(=O)c2cc(F)c(N3CCNCC3)cc21. The number of piperazine rings is 1. The predicted octanol–water partition coefficient (Wildman–Crippen LogP) is 1.07. The number of nitrogens with one attached hydrogen (secondary N) is 2. The Morgan fingerprint density at radius 1 is 1.32 bits per heavy atom. The van der Waals surface area contributed by atoms with Gasteiger partial charge in [-0.05, 0) is 32.9 Å². The van der Waals surface area contributed by atoms with E-state index in [0.717, 1.165) is 13.1 Å². The Bertz CT molecular complexity index is 935. The number of amides is 1. The fourth-order valence-electron chi connectivity index (χ4n) is 3.38. The van der Waals surface area contributed by atoms with Crippen molar-refractivity contribution in [3.63, 3.8) is 0 Å². The molecule has 0 saturated carbocycles. The van der Waals surface area contributed by atoms with Gasteiger partial charge in [-0.1, -0.05) is 0 Å². The first-order valence-corrected chi connectivity index (χ1v) is 9.64. The Kier molecular flexibility index (Phi) is 6.00. The van der Waals surface area contributed by atoms with Crippen LogP contribution in [0.25, 0.3) is 10.9 Å². The van der Waals surface area contributed by atoms with Crippen molar-refractivity contribution in [3.8, 4) is 0 Å². The number of anilines is 1. The molecule has 1 aliphatic heterocycles. The van der Waals surface area contributed by atoms with Crippen LogP contribution in [-0.2, 0) is 6.54 Å². The topological polar surface area (TPSA) is 86.6 Å². The highest BCUT2D eigenvalue weighted by Gasteiger charge is 2.21. The van der Waals surface area contributed by atoms with Gasteiger partial charge in [-0.2, -0.15) is 0 Å². The molecule has 1 aromatic heterocycles. The molecular weight excluding hydrogens is 363 g/mol. The fourth-order valence-corrected chi connectivity index (χ4v) is 3.38. The molecule has 0 radical (unpaired) electrons. The van der Waals surface area contributed by atoms with Crippen molar-refractivity contribution in [1.82, 2.24) is 15.2 Å². The van der Waals surface area contributed by atoms with Crippen molar-refractivity contribution in [2.75, 3.05) is 31.1 Å². The normalized spacial score (nSPS) is 16.8. The number of fused-ring (bicyclic) bond motifs is 1. The quantitative estimate of drug-likeness (QED) is 0.711. The fraction of sp³-hybridized carbons (Fsp3) is 0.500. The second kappa shape index (κ2) is 8.28. The number of aryl methyl sites for hydroxylation is 1. The minimum atomic E-state index is -0.753. The van der Waals surface area contributed by atoms with Crippen LogP contribution in [0.15, 0.2) is 23.1 Å². The molecule has 2 aromatic rings. The number of carbonyl (C=O) groups is 1. The summed E-state index contributed by atoms with van der Waals surface area (Å²) in [5.41, 5.74) is 0.495. The first-order valence-electron chi connectivity index (χ1n) is 9.64. The van der Waals surface area contributed by atoms with Crippen molar-refractivity contribution in [2.45, 2.75) is 39.5 Å². The highest BCUT2D eigenvalue weighted by Crippen LogP contribution is 2.25. The van der Waals surface area contributed by atoms with E-state index in [1.165, 1.54) is 12.3 Å². The van der Waals surface area contributed by atoms with Gasteiger partial charge in [-0.3, -0.25) is 9.59 Å². The highest BCUT2D eigenvalue weighted by atomic mass is 19.1. The van der Waals surface area contributed by atoms with Crippen molar-refractivity contribution in [2.24, 2.45) is 0 Å². The van der Waals surface area contributed by atoms with Crippen LogP contribution in [0.2, 0.25) is 0 Å². The average molecular weight is 390 g/mol. The van der Waals surface area contributed by atoms with E-state index in [2.05, 4.69) is 10.6 Å². The van der Waals surface area contributed by atoms with Gasteiger partial charge in [-0.15, -0.1) is 0 Å². The number of hydrogen-bond donors (Lipinski definition) is 3. The molecule has 1 amide bonds. The molecule has 28 heavy (non-hydrogen) atoms. The van der Waals surface area contributed by atoms with E-state index in [1.54, 1.807) is 24.5 Å². The summed E-state index contributed by atoms with van der Waals surface area (Å²) in [6.07, 6.45) is 0.755. The lowest BCUT2D eigenvalue weighted by atomic mass is 10.1. The summed E-state index contributed by atoms with van der Waals surface area (Å²) in [6.45, 7) is 8.57. The van der Waals surface area contributed by atoms with Crippen molar-refractivity contribution < 1.29 is 14.3 Å². The molecule has 0 unspecified atom stereocenters. The molecule has 0 spiro atoms. The third kappa shape index (κ3) is 3.88. The minimum absolute atomic E-state index is 0.0591. The smallest absolute Gasteiger partial charge is 0.257 e. The van der Waals surface area contributed by atoms with E-state index in [1.807, 2.05) is 11.8 Å². The van der Waals surface area contributed by atoms with Gasteiger partial charge in [0.05, 0.1) is 23.3 Å². The lowest BCUT2D eigenvalue weighted by Crippen LogP contribution is -2.44. The molecular formula is C20H27FN4O3. The molecule has 3 rings (SSSR count). The molecule has 1 fully saturated rings. The van der Waals surface area contributed by atoms with Gasteiger partial charge < -0.3 is 25.2 Å². The number of hydrogen-bond acceptors (Lipinski definition) is 5. The number of nitrogens with zero attached hydrogens (tertiary/aromatic N) is 2. The van der Waals surface area contributed by atoms with Crippen molar-refractivity contribution in [1.29, 1.82) is 0 Å². The lowest BCUT2D eigenvalue weighted by Gasteiger charge is -2.30. The molecule has 8 heteroatoms. The zero-order chi connectivity index (χ0) is 20.4. The maximum Gasteiger partial charge on any atom is 0.257 e. The Labute approximate surface area is 163 Å². The number of rotatable bonds is 5. The summed E-state index contributed by atoms with van der Waals surface area (Å²) in [5, 5.41) is 15.6. The first kappa shape index (κ1) is 20.3. The van der Waals surface area contributed by atoms with Crippen LogP contribution in [0.4, 0.5) is 10.1 Å². The van der Waals surface area contributed by atoms with E-state index in [4.69, 9.17) is 0 Å². The highest BCUT2D eigenvalue weighted by molar-refractivity contribution is 5.98. The molecule has 1 aliphatic rings. The molecule has 152 valence electrons. The van der Waals surface area contributed by atoms with Crippen molar-refractivity contribution >= 4 is 22.5 Å². The zero-order valence-electron chi connectivity index (χ0n) is 16.5. The van der Waals surface area contributed by atoms with Gasteiger partial charge in [0.2, 0.25) is 5.43 Å². The first-order chi connectivity index (χ1) is 13.3. The Balaban J connectivity index is 2.09. The maximum absolute atomic E-state index is 14.8. The predicted molar refractivity (Wildman–Crippen MR) is 108 cm³/mol. The molecule has 2 atom stereocenters. The average Bonchev–Trinajstić information content (AvgIpc) is 2.68. The molecule has 0 aliphatic carbocycles. The largest absolute Gasteiger partial charge is 0.391 e. The van der Waals surface area contributed by atoms with Crippen LogP contribution >= 0.6 is 0 Å². The monoisotopic (exact) mass is 390 g/mol. The minimum Gasteiger partial charge on any atom is -0.391 e. The summed E-state index contributed by atoms with van der Waals surface area (Å²) in [5.74, 6) is -1.04. The van der Waals surface area contributed by atoms with Gasteiger partial charge in [0.1, 0.15) is 11.4 Å². The number of aliphatic hydroxyl groups is 1. The van der Waals surface area contributed by atoms with Crippen molar-refractivity contribution in [3.05, 3.63) is 39.9 Å². The number of halogens is 1. The van der Waals surface area contributed by atoms with Crippen LogP contribution in [0, 0.1) is 5.82 Å². The number of carbonyl (C=O) groups excluding carboxylic acids is 1. The number of pyridine rings is 1. The van der Waals surface area contributed by atoms with Crippen LogP contribution in [0.5, 0.6) is 0 Å². The number of benzene rings is 1. The van der Waals surface area contributed by atoms with E-state index >= 15 is 0 Å². The van der Waals surface area contributed by atoms with Crippen LogP contribution in [0.3, 0.4) is 0 Å². The van der Waals surface area contributed by atoms with Gasteiger partial charge in [0.25, 0.3) is 5.91 Å². The Morgan fingerprint density at radius 2 is 2.00 bits per heavy atom. The molecule has 1 aromatic carbocycles. The summed E-state index contributed by atoms with van der Waals surface area (Å²) in [4.78, 5) is 27.4. The maximum atomic E-state index is 14.8. The van der Waals surface area contributed by atoms with E-state index in [-0.39, 0.29) is 10.9 Å². The molecule has 7 nitrogen and oxygen atoms in total. The van der Waals surface area contributed by atoms with Gasteiger partial charge >= 0.3 is 0 Å². The van der Waals surface area contributed by atoms with Gasteiger partial charge in [0.15, 0.2) is 0 Å². The van der Waals surface area contributed by atoms with E-state index in [0.29, 0.717) is 30.8 Å². The lowest BCUT2D eigenvalue weighted by molar-refractivity contribution is 0.0872. The molecule has 3 N–H and O–H groups in total. The van der Waals surface area contributed by atoms with Gasteiger partial charge in [-0.25, -0.2) is 4.39 Å². The molecule has 0 bridgehead atoms. The Morgan fingerprint density at radius 3 is 2.61 bits per heavy atom. The number of aromatic nitrogens is 1. The van der Waals surface area contributed by atoms with Crippen LogP contribution in [0.1, 0.15) is 31.1 Å². The Hall–Kier alpha value is -2.45. The third-order valence-electron chi connectivity index (χ3n) is 5.27. The summed E-state index contributed by atoms with van der Waals surface area (Å²) < 4.78 is 16.6. The van der Waals surface area contributed by atoms with Crippen LogP contribution < -0.4 is 21.0 Å². The summed E-state index contributed by atoms with van der Waals surface area (Å²) >= 11 is 0. The second-order valence-electron chi connectivity index (χ2n) is 7.22. The standard InChI is InChI=1S/C20H27FN4O3/c1-4-24-11-15(20(28)23-12(2)13(3)26)19(27)14-9-16(21)18(10-17(14)24)25-7-5-22-6-8-25/h9-13,22,26H,4-8H2,1-3H3,(H,23,28)/t12-,13-/m0/s1. The zero-order valence-corrected chi connectivity index (χ0v) is 16.5.